The lowest BCUT2D eigenvalue weighted by atomic mass is 9.84. The SMILES string of the molecule is C.O=C1c2ccccc2C(=O)c2ccccc21. The molecule has 0 amide bonds. The first-order valence-electron chi connectivity index (χ1n) is 5.06. The van der Waals surface area contributed by atoms with Gasteiger partial charge in [0.1, 0.15) is 0 Å². The van der Waals surface area contributed by atoms with Gasteiger partial charge in [-0.25, -0.2) is 0 Å². The number of hydrogen-bond donors (Lipinski definition) is 0. The molecule has 0 saturated carbocycles. The van der Waals surface area contributed by atoms with Crippen molar-refractivity contribution in [1.82, 2.24) is 0 Å². The Kier molecular flexibility index (Phi) is 2.64. The molecule has 0 bridgehead atoms. The van der Waals surface area contributed by atoms with E-state index >= 15 is 0 Å². The average molecular weight is 224 g/mol. The summed E-state index contributed by atoms with van der Waals surface area (Å²) < 4.78 is 0. The van der Waals surface area contributed by atoms with Gasteiger partial charge < -0.3 is 0 Å². The Labute approximate surface area is 99.9 Å². The molecule has 0 N–H and O–H groups in total. The number of benzene rings is 2. The van der Waals surface area contributed by atoms with E-state index < -0.39 is 0 Å². The fraction of sp³-hybridized carbons (Fsp3) is 0.0667. The van der Waals surface area contributed by atoms with E-state index in [1.165, 1.54) is 0 Å². The summed E-state index contributed by atoms with van der Waals surface area (Å²) in [6.45, 7) is 0. The average Bonchev–Trinajstić information content (AvgIpc) is 2.36. The molecule has 1 aliphatic rings. The molecule has 2 heteroatoms. The van der Waals surface area contributed by atoms with Crippen molar-refractivity contribution in [3.8, 4) is 0 Å². The highest BCUT2D eigenvalue weighted by Gasteiger charge is 2.28. The molecule has 17 heavy (non-hydrogen) atoms. The summed E-state index contributed by atoms with van der Waals surface area (Å²) in [6.07, 6.45) is 0. The Morgan fingerprint density at radius 2 is 0.765 bits per heavy atom. The molecule has 2 aromatic rings. The van der Waals surface area contributed by atoms with Gasteiger partial charge in [0.2, 0.25) is 0 Å². The van der Waals surface area contributed by atoms with Gasteiger partial charge in [-0.3, -0.25) is 9.59 Å². The van der Waals surface area contributed by atoms with Gasteiger partial charge >= 0.3 is 0 Å². The van der Waals surface area contributed by atoms with Crippen molar-refractivity contribution < 1.29 is 9.59 Å². The highest BCUT2D eigenvalue weighted by molar-refractivity contribution is 6.28. The molecule has 0 saturated heterocycles. The van der Waals surface area contributed by atoms with Crippen LogP contribution in [0.4, 0.5) is 0 Å². The largest absolute Gasteiger partial charge is 0.289 e. The number of carbonyl (C=O) groups excluding carboxylic acids is 2. The predicted molar refractivity (Wildman–Crippen MR) is 66.5 cm³/mol. The van der Waals surface area contributed by atoms with E-state index in [4.69, 9.17) is 0 Å². The molecule has 0 heterocycles. The minimum absolute atomic E-state index is 0. The van der Waals surface area contributed by atoms with Crippen LogP contribution in [0.15, 0.2) is 48.5 Å². The zero-order chi connectivity index (χ0) is 11.1. The summed E-state index contributed by atoms with van der Waals surface area (Å²) in [6, 6.07) is 13.9. The monoisotopic (exact) mass is 224 g/mol. The Morgan fingerprint density at radius 3 is 1.00 bits per heavy atom. The minimum atomic E-state index is -0.0641. The fourth-order valence-corrected chi connectivity index (χ4v) is 2.05. The predicted octanol–water partition coefficient (Wildman–Crippen LogP) is 3.10. The van der Waals surface area contributed by atoms with Crippen LogP contribution in [-0.4, -0.2) is 11.6 Å². The van der Waals surface area contributed by atoms with Crippen molar-refractivity contribution in [2.24, 2.45) is 0 Å². The number of hydrogen-bond acceptors (Lipinski definition) is 2. The molecule has 0 spiro atoms. The first kappa shape index (κ1) is 11.3. The third-order valence-corrected chi connectivity index (χ3v) is 2.83. The molecule has 2 aromatic carbocycles. The van der Waals surface area contributed by atoms with Crippen LogP contribution in [0.1, 0.15) is 39.3 Å². The van der Waals surface area contributed by atoms with Crippen molar-refractivity contribution in [2.45, 2.75) is 7.43 Å². The van der Waals surface area contributed by atoms with Gasteiger partial charge in [-0.15, -0.1) is 0 Å². The van der Waals surface area contributed by atoms with Gasteiger partial charge in [-0.2, -0.15) is 0 Å². The van der Waals surface area contributed by atoms with E-state index in [1.807, 2.05) is 0 Å². The smallest absolute Gasteiger partial charge is 0.194 e. The number of fused-ring (bicyclic) bond motifs is 2. The van der Waals surface area contributed by atoms with Crippen LogP contribution in [0.5, 0.6) is 0 Å². The van der Waals surface area contributed by atoms with Crippen LogP contribution in [0.25, 0.3) is 0 Å². The lowest BCUT2D eigenvalue weighted by Crippen LogP contribution is -2.20. The topological polar surface area (TPSA) is 34.1 Å². The maximum absolute atomic E-state index is 12.1. The first-order valence-corrected chi connectivity index (χ1v) is 5.06. The van der Waals surface area contributed by atoms with Crippen LogP contribution in [0, 0.1) is 0 Å². The normalized spacial score (nSPS) is 12.5. The standard InChI is InChI=1S/C14H8O2.CH4/c15-13-9-5-1-2-6-10(9)14(16)12-8-4-3-7-11(12)13;/h1-8H;1H4. The van der Waals surface area contributed by atoms with E-state index in [-0.39, 0.29) is 19.0 Å². The molecular weight excluding hydrogens is 212 g/mol. The molecule has 1 aliphatic carbocycles. The third-order valence-electron chi connectivity index (χ3n) is 2.83. The van der Waals surface area contributed by atoms with Crippen LogP contribution < -0.4 is 0 Å². The molecule has 0 atom stereocenters. The van der Waals surface area contributed by atoms with Crippen LogP contribution >= 0.6 is 0 Å². The highest BCUT2D eigenvalue weighted by Crippen LogP contribution is 2.26. The maximum Gasteiger partial charge on any atom is 0.194 e. The van der Waals surface area contributed by atoms with Crippen LogP contribution in [0.3, 0.4) is 0 Å². The van der Waals surface area contributed by atoms with Gasteiger partial charge in [0.25, 0.3) is 0 Å². The van der Waals surface area contributed by atoms with Crippen molar-refractivity contribution in [2.75, 3.05) is 0 Å². The number of ketones is 2. The Balaban J connectivity index is 0.00000108. The van der Waals surface area contributed by atoms with Crippen molar-refractivity contribution >= 4 is 11.6 Å². The van der Waals surface area contributed by atoms with E-state index in [0.29, 0.717) is 22.3 Å². The van der Waals surface area contributed by atoms with E-state index in [9.17, 15) is 9.59 Å². The lowest BCUT2D eigenvalue weighted by molar-refractivity contribution is 0.0979. The summed E-state index contributed by atoms with van der Waals surface area (Å²) in [5, 5.41) is 0. The Hall–Kier alpha value is -2.22. The third kappa shape index (κ3) is 1.49. The van der Waals surface area contributed by atoms with Crippen molar-refractivity contribution in [1.29, 1.82) is 0 Å². The molecule has 84 valence electrons. The summed E-state index contributed by atoms with van der Waals surface area (Å²) in [4.78, 5) is 24.2. The maximum atomic E-state index is 12.1. The van der Waals surface area contributed by atoms with Crippen LogP contribution in [-0.2, 0) is 0 Å². The van der Waals surface area contributed by atoms with Crippen molar-refractivity contribution in [3.63, 3.8) is 0 Å². The van der Waals surface area contributed by atoms with E-state index in [1.54, 1.807) is 48.5 Å². The number of rotatable bonds is 0. The zero-order valence-corrected chi connectivity index (χ0v) is 8.44. The zero-order valence-electron chi connectivity index (χ0n) is 8.44. The Morgan fingerprint density at radius 1 is 0.529 bits per heavy atom. The lowest BCUT2D eigenvalue weighted by Gasteiger charge is -2.16. The summed E-state index contributed by atoms with van der Waals surface area (Å²) in [5.41, 5.74) is 2.02. The van der Waals surface area contributed by atoms with Gasteiger partial charge in [0, 0.05) is 22.3 Å². The fourth-order valence-electron chi connectivity index (χ4n) is 2.05. The summed E-state index contributed by atoms with van der Waals surface area (Å²) in [7, 11) is 0. The summed E-state index contributed by atoms with van der Waals surface area (Å²) in [5.74, 6) is -0.128. The molecule has 0 fully saturated rings. The molecule has 0 aromatic heterocycles. The second kappa shape index (κ2) is 3.98. The van der Waals surface area contributed by atoms with Crippen LogP contribution in [0.2, 0.25) is 0 Å². The molecule has 0 radical (unpaired) electrons. The molecular formula is C15H12O2. The molecule has 3 rings (SSSR count). The minimum Gasteiger partial charge on any atom is -0.289 e. The summed E-state index contributed by atoms with van der Waals surface area (Å²) >= 11 is 0. The van der Waals surface area contributed by atoms with Gasteiger partial charge in [-0.05, 0) is 0 Å². The Bertz CT molecular complexity index is 506. The molecule has 2 nitrogen and oxygen atoms in total. The van der Waals surface area contributed by atoms with Crippen molar-refractivity contribution in [3.05, 3.63) is 70.8 Å². The van der Waals surface area contributed by atoms with Gasteiger partial charge in [-0.1, -0.05) is 56.0 Å². The number of carbonyl (C=O) groups is 2. The van der Waals surface area contributed by atoms with E-state index in [2.05, 4.69) is 0 Å². The molecule has 0 unspecified atom stereocenters. The van der Waals surface area contributed by atoms with Gasteiger partial charge in [0.05, 0.1) is 0 Å². The second-order valence-electron chi connectivity index (χ2n) is 3.75. The second-order valence-corrected chi connectivity index (χ2v) is 3.75. The van der Waals surface area contributed by atoms with Gasteiger partial charge in [0.15, 0.2) is 11.6 Å². The molecule has 0 aliphatic heterocycles. The first-order chi connectivity index (χ1) is 7.79. The highest BCUT2D eigenvalue weighted by atomic mass is 16.1. The quantitative estimate of drug-likeness (QED) is 0.588. The van der Waals surface area contributed by atoms with E-state index in [0.717, 1.165) is 0 Å².